The van der Waals surface area contributed by atoms with Crippen LogP contribution in [0.3, 0.4) is 0 Å². The van der Waals surface area contributed by atoms with Crippen molar-refractivity contribution in [3.8, 4) is 0 Å². The maximum atomic E-state index is 13.4. The van der Waals surface area contributed by atoms with E-state index in [1.807, 2.05) is 62.4 Å². The zero-order valence-electron chi connectivity index (χ0n) is 19.8. The zero-order chi connectivity index (χ0) is 24.6. The molecule has 9 heteroatoms. The summed E-state index contributed by atoms with van der Waals surface area (Å²) in [4.78, 5) is 18.7. The van der Waals surface area contributed by atoms with E-state index in [9.17, 15) is 13.2 Å². The predicted octanol–water partition coefficient (Wildman–Crippen LogP) is 3.47. The highest BCUT2D eigenvalue weighted by atomic mass is 32.2. The minimum Gasteiger partial charge on any atom is -0.383 e. The smallest absolute Gasteiger partial charge is 0.318 e. The molecule has 0 spiro atoms. The summed E-state index contributed by atoms with van der Waals surface area (Å²) in [6, 6.07) is 18.4. The Morgan fingerprint density at radius 2 is 1.68 bits per heavy atom. The van der Waals surface area contributed by atoms with Crippen LogP contribution in [0.25, 0.3) is 0 Å². The van der Waals surface area contributed by atoms with E-state index in [2.05, 4.69) is 10.3 Å². The van der Waals surface area contributed by atoms with Gasteiger partial charge in [-0.25, -0.2) is 18.2 Å². The minimum atomic E-state index is -3.73. The number of carbonyl (C=O) groups is 1. The van der Waals surface area contributed by atoms with Gasteiger partial charge in [0.15, 0.2) is 0 Å². The molecule has 0 aliphatic carbocycles. The second-order valence-corrected chi connectivity index (χ2v) is 10.3. The molecule has 2 aromatic carbocycles. The monoisotopic (exact) mass is 484 g/mol. The van der Waals surface area contributed by atoms with Gasteiger partial charge in [0.25, 0.3) is 0 Å². The molecule has 0 aliphatic heterocycles. The summed E-state index contributed by atoms with van der Waals surface area (Å²) in [6.45, 7) is 5.02. The van der Waals surface area contributed by atoms with Crippen LogP contribution in [0.15, 0.2) is 72.0 Å². The fourth-order valence-corrected chi connectivity index (χ4v) is 5.04. The van der Waals surface area contributed by atoms with E-state index < -0.39 is 9.84 Å². The highest BCUT2D eigenvalue weighted by Crippen LogP contribution is 2.20. The molecule has 3 aromatic rings. The van der Waals surface area contributed by atoms with Gasteiger partial charge in [0.2, 0.25) is 15.0 Å². The number of methoxy groups -OCH3 is 1. The number of aromatic nitrogens is 2. The molecule has 182 valence electrons. The van der Waals surface area contributed by atoms with Crippen molar-refractivity contribution in [2.45, 2.75) is 43.9 Å². The Kier molecular flexibility index (Phi) is 8.84. The molecule has 0 atom stereocenters. The molecule has 3 rings (SSSR count). The van der Waals surface area contributed by atoms with E-state index in [-0.39, 0.29) is 29.5 Å². The zero-order valence-corrected chi connectivity index (χ0v) is 20.7. The van der Waals surface area contributed by atoms with Crippen LogP contribution in [0.2, 0.25) is 0 Å². The number of nitrogens with one attached hydrogen (secondary N) is 1. The fourth-order valence-electron chi connectivity index (χ4n) is 3.55. The van der Waals surface area contributed by atoms with Crippen LogP contribution in [-0.2, 0) is 33.4 Å². The lowest BCUT2D eigenvalue weighted by Crippen LogP contribution is -2.44. The highest BCUT2D eigenvalue weighted by molar-refractivity contribution is 7.90. The largest absolute Gasteiger partial charge is 0.383 e. The van der Waals surface area contributed by atoms with Gasteiger partial charge in [-0.1, -0.05) is 60.7 Å². The Balaban J connectivity index is 1.97. The van der Waals surface area contributed by atoms with Crippen molar-refractivity contribution in [1.82, 2.24) is 19.8 Å². The van der Waals surface area contributed by atoms with Crippen LogP contribution < -0.4 is 5.32 Å². The molecule has 1 heterocycles. The van der Waals surface area contributed by atoms with Crippen molar-refractivity contribution >= 4 is 15.9 Å². The van der Waals surface area contributed by atoms with Gasteiger partial charge < -0.3 is 19.5 Å². The summed E-state index contributed by atoms with van der Waals surface area (Å²) in [5, 5.41) is 2.89. The average molecular weight is 485 g/mol. The molecule has 8 nitrogen and oxygen atoms in total. The molecule has 0 radical (unpaired) electrons. The van der Waals surface area contributed by atoms with E-state index in [0.29, 0.717) is 31.0 Å². The number of hydrogen-bond donors (Lipinski definition) is 1. The summed E-state index contributed by atoms with van der Waals surface area (Å²) in [6.07, 6.45) is 1.54. The van der Waals surface area contributed by atoms with E-state index in [1.165, 1.54) is 0 Å². The van der Waals surface area contributed by atoms with Crippen LogP contribution in [0.5, 0.6) is 0 Å². The molecule has 34 heavy (non-hydrogen) atoms. The standard InChI is InChI=1S/C25H32N4O4S/c1-20(2)27-24(30)28(14-15-33-3)18-23-16-26-25(29(23)17-21-10-6-4-7-11-21)34(31,32)19-22-12-8-5-9-13-22/h4-13,16,20H,14-15,17-19H2,1-3H3,(H,27,30). The minimum absolute atomic E-state index is 0.00818. The van der Waals surface area contributed by atoms with Crippen LogP contribution in [0.4, 0.5) is 4.79 Å². The molecule has 1 aromatic heterocycles. The summed E-state index contributed by atoms with van der Waals surface area (Å²) in [5.41, 5.74) is 2.26. The first-order valence-electron chi connectivity index (χ1n) is 11.2. The van der Waals surface area contributed by atoms with E-state index in [1.54, 1.807) is 34.9 Å². The SMILES string of the molecule is COCCN(Cc1cnc(S(=O)(=O)Cc2ccccc2)n1Cc1ccccc1)C(=O)NC(C)C. The number of carbonyl (C=O) groups excluding carboxylic acids is 1. The van der Waals surface area contributed by atoms with E-state index in [4.69, 9.17) is 4.74 Å². The number of rotatable bonds is 11. The van der Waals surface area contributed by atoms with Crippen LogP contribution in [0, 0.1) is 0 Å². The lowest BCUT2D eigenvalue weighted by Gasteiger charge is -2.25. The molecular formula is C25H32N4O4S. The molecule has 0 unspecified atom stereocenters. The Bertz CT molecular complexity index is 1160. The quantitative estimate of drug-likeness (QED) is 0.450. The molecule has 0 aliphatic rings. The summed E-state index contributed by atoms with van der Waals surface area (Å²) in [5.74, 6) is -0.152. The van der Waals surface area contributed by atoms with Gasteiger partial charge in [0.05, 0.1) is 37.3 Å². The Morgan fingerprint density at radius 1 is 1.06 bits per heavy atom. The summed E-state index contributed by atoms with van der Waals surface area (Å²) in [7, 11) is -2.15. The molecule has 0 fully saturated rings. The first-order valence-corrected chi connectivity index (χ1v) is 12.8. The van der Waals surface area contributed by atoms with Gasteiger partial charge in [-0.3, -0.25) is 0 Å². The van der Waals surface area contributed by atoms with Gasteiger partial charge in [-0.15, -0.1) is 0 Å². The molecule has 1 N–H and O–H groups in total. The summed E-state index contributed by atoms with van der Waals surface area (Å²) < 4.78 is 33.6. The first kappa shape index (κ1) is 25.5. The maximum Gasteiger partial charge on any atom is 0.318 e. The van der Waals surface area contributed by atoms with E-state index >= 15 is 0 Å². The van der Waals surface area contributed by atoms with E-state index in [0.717, 1.165) is 5.56 Å². The second kappa shape index (κ2) is 11.8. The lowest BCUT2D eigenvalue weighted by atomic mass is 10.2. The third-order valence-electron chi connectivity index (χ3n) is 5.18. The molecule has 2 amide bonds. The predicted molar refractivity (Wildman–Crippen MR) is 131 cm³/mol. The first-order chi connectivity index (χ1) is 16.3. The Labute approximate surface area is 201 Å². The number of benzene rings is 2. The topological polar surface area (TPSA) is 93.5 Å². The number of amides is 2. The van der Waals surface area contributed by atoms with Crippen LogP contribution in [0.1, 0.15) is 30.7 Å². The van der Waals surface area contributed by atoms with Crippen molar-refractivity contribution in [2.24, 2.45) is 0 Å². The maximum absolute atomic E-state index is 13.4. The Hall–Kier alpha value is -3.17. The second-order valence-electron chi connectivity index (χ2n) is 8.37. The highest BCUT2D eigenvalue weighted by Gasteiger charge is 2.26. The third-order valence-corrected chi connectivity index (χ3v) is 6.78. The fraction of sp³-hybridized carbons (Fsp3) is 0.360. The van der Waals surface area contributed by atoms with Crippen molar-refractivity contribution in [1.29, 1.82) is 0 Å². The van der Waals surface area contributed by atoms with Gasteiger partial charge >= 0.3 is 6.03 Å². The normalized spacial score (nSPS) is 11.5. The number of imidazole rings is 1. The lowest BCUT2D eigenvalue weighted by molar-refractivity contribution is 0.144. The van der Waals surface area contributed by atoms with Crippen LogP contribution in [-0.4, -0.2) is 55.2 Å². The van der Waals surface area contributed by atoms with Crippen molar-refractivity contribution < 1.29 is 17.9 Å². The van der Waals surface area contributed by atoms with Crippen molar-refractivity contribution in [2.75, 3.05) is 20.3 Å². The van der Waals surface area contributed by atoms with Gasteiger partial charge in [-0.05, 0) is 25.0 Å². The third kappa shape index (κ3) is 6.91. The molecule has 0 saturated carbocycles. The molecular weight excluding hydrogens is 452 g/mol. The Morgan fingerprint density at radius 3 is 2.26 bits per heavy atom. The number of ether oxygens (including phenoxy) is 1. The van der Waals surface area contributed by atoms with Gasteiger partial charge in [0.1, 0.15) is 0 Å². The molecule has 0 saturated heterocycles. The van der Waals surface area contributed by atoms with Crippen molar-refractivity contribution in [3.05, 3.63) is 83.7 Å². The average Bonchev–Trinajstić information content (AvgIpc) is 3.20. The number of hydrogen-bond acceptors (Lipinski definition) is 5. The number of urea groups is 1. The number of sulfone groups is 1. The van der Waals surface area contributed by atoms with Crippen molar-refractivity contribution in [3.63, 3.8) is 0 Å². The van der Waals surface area contributed by atoms with Gasteiger partial charge in [0, 0.05) is 19.7 Å². The summed E-state index contributed by atoms with van der Waals surface area (Å²) >= 11 is 0. The van der Waals surface area contributed by atoms with Gasteiger partial charge in [-0.2, -0.15) is 0 Å². The number of nitrogens with zero attached hydrogens (tertiary/aromatic N) is 3. The van der Waals surface area contributed by atoms with Crippen LogP contribution >= 0.6 is 0 Å². The molecule has 0 bridgehead atoms.